The molecule has 0 aliphatic carbocycles. The number of halogens is 2. The summed E-state index contributed by atoms with van der Waals surface area (Å²) in [6.07, 6.45) is 0.446. The number of aryl methyl sites for hydroxylation is 2. The maximum Gasteiger partial charge on any atom is 0.306 e. The molecule has 0 heterocycles. The van der Waals surface area contributed by atoms with E-state index in [1.54, 1.807) is 0 Å². The first-order valence-electron chi connectivity index (χ1n) is 8.42. The average Bonchev–Trinajstić information content (AvgIpc) is 2.63. The van der Waals surface area contributed by atoms with Crippen LogP contribution in [-0.4, -0.2) is 18.0 Å². The minimum atomic E-state index is -1.12. The molecule has 0 fully saturated rings. The highest BCUT2D eigenvalue weighted by molar-refractivity contribution is 5.95. The molecule has 1 atom stereocenters. The Bertz CT molecular complexity index is 775. The third kappa shape index (κ3) is 5.65. The zero-order chi connectivity index (χ0) is 19.1. The number of esters is 1. The molecule has 4 nitrogen and oxygen atoms in total. The van der Waals surface area contributed by atoms with E-state index in [4.69, 9.17) is 4.74 Å². The van der Waals surface area contributed by atoms with Crippen LogP contribution in [0.15, 0.2) is 42.5 Å². The van der Waals surface area contributed by atoms with E-state index in [0.29, 0.717) is 6.42 Å². The van der Waals surface area contributed by atoms with Gasteiger partial charge >= 0.3 is 5.97 Å². The second-order valence-electron chi connectivity index (χ2n) is 5.92. The van der Waals surface area contributed by atoms with E-state index >= 15 is 0 Å². The zero-order valence-corrected chi connectivity index (χ0v) is 14.7. The first-order chi connectivity index (χ1) is 12.4. The van der Waals surface area contributed by atoms with Crippen molar-refractivity contribution in [1.82, 2.24) is 0 Å². The predicted molar refractivity (Wildman–Crippen MR) is 94.7 cm³/mol. The summed E-state index contributed by atoms with van der Waals surface area (Å²) in [6, 6.07) is 10.6. The third-order valence-corrected chi connectivity index (χ3v) is 3.91. The average molecular weight is 361 g/mol. The summed E-state index contributed by atoms with van der Waals surface area (Å²) in [5.41, 5.74) is 1.92. The van der Waals surface area contributed by atoms with Crippen LogP contribution in [0.2, 0.25) is 0 Å². The molecule has 0 spiro atoms. The van der Waals surface area contributed by atoms with Crippen LogP contribution >= 0.6 is 0 Å². The van der Waals surface area contributed by atoms with Crippen LogP contribution in [0.4, 0.5) is 14.5 Å². The molecule has 2 rings (SSSR count). The van der Waals surface area contributed by atoms with Gasteiger partial charge < -0.3 is 10.1 Å². The van der Waals surface area contributed by atoms with Crippen LogP contribution in [-0.2, 0) is 27.2 Å². The molecular weight excluding hydrogens is 340 g/mol. The quantitative estimate of drug-likeness (QED) is 0.758. The van der Waals surface area contributed by atoms with Crippen molar-refractivity contribution in [3.05, 3.63) is 65.2 Å². The van der Waals surface area contributed by atoms with Gasteiger partial charge in [0.1, 0.15) is 11.6 Å². The maximum absolute atomic E-state index is 13.5. The summed E-state index contributed by atoms with van der Waals surface area (Å²) in [5.74, 6) is -2.71. The van der Waals surface area contributed by atoms with Crippen LogP contribution in [0.5, 0.6) is 0 Å². The van der Waals surface area contributed by atoms with Crippen molar-refractivity contribution in [3.63, 3.8) is 0 Å². The van der Waals surface area contributed by atoms with E-state index in [1.807, 2.05) is 24.3 Å². The fourth-order valence-corrected chi connectivity index (χ4v) is 2.33. The Kier molecular flexibility index (Phi) is 6.83. The number of carbonyl (C=O) groups is 2. The molecule has 0 radical (unpaired) electrons. The molecule has 6 heteroatoms. The van der Waals surface area contributed by atoms with Crippen LogP contribution in [0.1, 0.15) is 31.4 Å². The highest BCUT2D eigenvalue weighted by Crippen LogP contribution is 2.16. The van der Waals surface area contributed by atoms with Crippen molar-refractivity contribution >= 4 is 17.6 Å². The summed E-state index contributed by atoms with van der Waals surface area (Å²) in [6.45, 7) is 3.44. The fourth-order valence-electron chi connectivity index (χ4n) is 2.33. The number of anilines is 1. The number of amides is 1. The summed E-state index contributed by atoms with van der Waals surface area (Å²) >= 11 is 0. The highest BCUT2D eigenvalue weighted by atomic mass is 19.1. The summed E-state index contributed by atoms with van der Waals surface area (Å²) in [5, 5.41) is 2.21. The Morgan fingerprint density at radius 2 is 1.73 bits per heavy atom. The van der Waals surface area contributed by atoms with E-state index in [2.05, 4.69) is 12.2 Å². The van der Waals surface area contributed by atoms with Crippen LogP contribution < -0.4 is 5.32 Å². The number of benzene rings is 2. The molecule has 0 saturated heterocycles. The Balaban J connectivity index is 1.83. The van der Waals surface area contributed by atoms with Gasteiger partial charge in [-0.25, -0.2) is 8.78 Å². The Morgan fingerprint density at radius 1 is 1.08 bits per heavy atom. The number of nitrogens with one attached hydrogen (secondary N) is 1. The zero-order valence-electron chi connectivity index (χ0n) is 14.7. The molecule has 0 aliphatic heterocycles. The Hall–Kier alpha value is -2.76. The largest absolute Gasteiger partial charge is 0.453 e. The second-order valence-corrected chi connectivity index (χ2v) is 5.92. The number of hydrogen-bond acceptors (Lipinski definition) is 3. The van der Waals surface area contributed by atoms with Crippen molar-refractivity contribution in [2.24, 2.45) is 0 Å². The fraction of sp³-hybridized carbons (Fsp3) is 0.300. The minimum absolute atomic E-state index is 0.122. The van der Waals surface area contributed by atoms with Gasteiger partial charge in [0.25, 0.3) is 5.91 Å². The lowest BCUT2D eigenvalue weighted by Gasteiger charge is -2.14. The van der Waals surface area contributed by atoms with Gasteiger partial charge in [0.15, 0.2) is 6.10 Å². The van der Waals surface area contributed by atoms with E-state index in [-0.39, 0.29) is 12.1 Å². The van der Waals surface area contributed by atoms with Gasteiger partial charge in [-0.2, -0.15) is 0 Å². The van der Waals surface area contributed by atoms with Crippen molar-refractivity contribution in [2.45, 2.75) is 39.2 Å². The molecule has 1 amide bonds. The molecule has 138 valence electrons. The van der Waals surface area contributed by atoms with Crippen LogP contribution in [0, 0.1) is 11.6 Å². The van der Waals surface area contributed by atoms with Gasteiger partial charge in [0, 0.05) is 12.5 Å². The Morgan fingerprint density at radius 3 is 2.38 bits per heavy atom. The summed E-state index contributed by atoms with van der Waals surface area (Å²) in [4.78, 5) is 23.9. The molecule has 0 saturated carbocycles. The van der Waals surface area contributed by atoms with Crippen molar-refractivity contribution in [3.8, 4) is 0 Å². The van der Waals surface area contributed by atoms with E-state index in [1.165, 1.54) is 12.5 Å². The van der Waals surface area contributed by atoms with Gasteiger partial charge in [-0.3, -0.25) is 9.59 Å². The van der Waals surface area contributed by atoms with Gasteiger partial charge in [-0.15, -0.1) is 0 Å². The molecule has 2 aromatic rings. The highest BCUT2D eigenvalue weighted by Gasteiger charge is 2.19. The van der Waals surface area contributed by atoms with Crippen molar-refractivity contribution < 1.29 is 23.1 Å². The van der Waals surface area contributed by atoms with E-state index in [9.17, 15) is 18.4 Å². The smallest absolute Gasteiger partial charge is 0.306 e. The summed E-state index contributed by atoms with van der Waals surface area (Å²) < 4.78 is 31.7. The van der Waals surface area contributed by atoms with Gasteiger partial charge in [0.05, 0.1) is 5.69 Å². The van der Waals surface area contributed by atoms with Gasteiger partial charge in [-0.1, -0.05) is 31.2 Å². The number of carbonyl (C=O) groups excluding carboxylic acids is 2. The topological polar surface area (TPSA) is 55.4 Å². The third-order valence-electron chi connectivity index (χ3n) is 3.91. The summed E-state index contributed by atoms with van der Waals surface area (Å²) in [7, 11) is 0. The SMILES string of the molecule is CCc1ccc(CCC(=O)O[C@H](C)C(=O)Nc2cc(F)ccc2F)cc1. The molecular formula is C20H21F2NO3. The first-order valence-corrected chi connectivity index (χ1v) is 8.42. The lowest BCUT2D eigenvalue weighted by Crippen LogP contribution is -2.30. The second kappa shape index (κ2) is 9.08. The molecule has 26 heavy (non-hydrogen) atoms. The Labute approximate surface area is 151 Å². The van der Waals surface area contributed by atoms with Crippen LogP contribution in [0.25, 0.3) is 0 Å². The van der Waals surface area contributed by atoms with E-state index < -0.39 is 29.6 Å². The van der Waals surface area contributed by atoms with Crippen molar-refractivity contribution in [1.29, 1.82) is 0 Å². The normalized spacial score (nSPS) is 11.7. The lowest BCUT2D eigenvalue weighted by molar-refractivity contribution is -0.153. The van der Waals surface area contributed by atoms with Gasteiger partial charge in [0.2, 0.25) is 0 Å². The minimum Gasteiger partial charge on any atom is -0.453 e. The lowest BCUT2D eigenvalue weighted by atomic mass is 10.1. The van der Waals surface area contributed by atoms with Crippen LogP contribution in [0.3, 0.4) is 0 Å². The standard InChI is InChI=1S/C20H21F2NO3/c1-3-14-4-6-15(7-5-14)8-11-19(24)26-13(2)20(25)23-18-12-16(21)9-10-17(18)22/h4-7,9-10,12-13H,3,8,11H2,1-2H3,(H,23,25)/t13-/m1/s1. The molecule has 0 bridgehead atoms. The monoisotopic (exact) mass is 361 g/mol. The molecule has 0 unspecified atom stereocenters. The molecule has 1 N–H and O–H groups in total. The maximum atomic E-state index is 13.5. The number of hydrogen-bond donors (Lipinski definition) is 1. The first kappa shape index (κ1) is 19.6. The van der Waals surface area contributed by atoms with E-state index in [0.717, 1.165) is 30.2 Å². The number of rotatable bonds is 7. The molecule has 0 aliphatic rings. The predicted octanol–water partition coefficient (Wildman–Crippen LogP) is 4.03. The van der Waals surface area contributed by atoms with Gasteiger partial charge in [-0.05, 0) is 43.0 Å². The molecule has 0 aromatic heterocycles. The molecule has 2 aromatic carbocycles. The van der Waals surface area contributed by atoms with Crippen molar-refractivity contribution in [2.75, 3.05) is 5.32 Å². The number of ether oxygens (including phenoxy) is 1.